The third-order valence-corrected chi connectivity index (χ3v) is 3.05. The Bertz CT molecular complexity index is 427. The fourth-order valence-electron chi connectivity index (χ4n) is 2.17. The van der Waals surface area contributed by atoms with Crippen molar-refractivity contribution in [2.45, 2.75) is 25.4 Å². The highest BCUT2D eigenvalue weighted by Gasteiger charge is 2.26. The van der Waals surface area contributed by atoms with Crippen LogP contribution in [0, 0.1) is 0 Å². The second-order valence-electron chi connectivity index (χ2n) is 4.50. The number of tetrazole rings is 1. The lowest BCUT2D eigenvalue weighted by molar-refractivity contribution is -0.138. The quantitative estimate of drug-likeness (QED) is 0.621. The van der Waals surface area contributed by atoms with E-state index in [0.29, 0.717) is 6.54 Å². The first-order valence-electron chi connectivity index (χ1n) is 6.16. The molecule has 9 heteroatoms. The molecule has 1 saturated heterocycles. The van der Waals surface area contributed by atoms with Gasteiger partial charge in [0.2, 0.25) is 11.8 Å². The van der Waals surface area contributed by atoms with E-state index in [1.54, 1.807) is 0 Å². The molecule has 19 heavy (non-hydrogen) atoms. The van der Waals surface area contributed by atoms with Gasteiger partial charge < -0.3 is 16.0 Å². The van der Waals surface area contributed by atoms with Crippen LogP contribution in [0.1, 0.15) is 12.8 Å². The first kappa shape index (κ1) is 13.4. The number of nitrogens with one attached hydrogen (secondary N) is 1. The number of aromatic nitrogens is 4. The van der Waals surface area contributed by atoms with E-state index in [2.05, 4.69) is 20.8 Å². The summed E-state index contributed by atoms with van der Waals surface area (Å²) in [7, 11) is 0. The van der Waals surface area contributed by atoms with Crippen molar-refractivity contribution in [2.75, 3.05) is 19.6 Å². The van der Waals surface area contributed by atoms with Crippen molar-refractivity contribution in [3.05, 3.63) is 6.33 Å². The van der Waals surface area contributed by atoms with Crippen LogP contribution in [0.4, 0.5) is 0 Å². The standard InChI is InChI=1S/C10H17N7O2/c11-9(18)5-17(8-2-1-3-12-4-8)10(19)6-16-7-13-14-15-16/h7-8,12H,1-6H2,(H2,11,18). The monoisotopic (exact) mass is 267 g/mol. The average molecular weight is 267 g/mol. The Morgan fingerprint density at radius 3 is 2.95 bits per heavy atom. The Morgan fingerprint density at radius 2 is 2.37 bits per heavy atom. The lowest BCUT2D eigenvalue weighted by atomic mass is 10.1. The molecule has 0 aromatic carbocycles. The molecule has 1 unspecified atom stereocenters. The van der Waals surface area contributed by atoms with E-state index in [9.17, 15) is 9.59 Å². The zero-order valence-corrected chi connectivity index (χ0v) is 10.5. The molecule has 9 nitrogen and oxygen atoms in total. The van der Waals surface area contributed by atoms with Crippen molar-refractivity contribution >= 4 is 11.8 Å². The van der Waals surface area contributed by atoms with Gasteiger partial charge in [0.05, 0.1) is 6.54 Å². The molecule has 1 aliphatic heterocycles. The van der Waals surface area contributed by atoms with Gasteiger partial charge in [-0.15, -0.1) is 5.10 Å². The molecule has 2 heterocycles. The van der Waals surface area contributed by atoms with Gasteiger partial charge >= 0.3 is 0 Å². The normalized spacial score (nSPS) is 19.1. The molecular formula is C10H17N7O2. The first-order valence-corrected chi connectivity index (χ1v) is 6.16. The van der Waals surface area contributed by atoms with E-state index in [1.165, 1.54) is 15.9 Å². The molecule has 3 N–H and O–H groups in total. The van der Waals surface area contributed by atoms with Crippen molar-refractivity contribution in [1.82, 2.24) is 30.4 Å². The van der Waals surface area contributed by atoms with E-state index >= 15 is 0 Å². The minimum Gasteiger partial charge on any atom is -0.368 e. The van der Waals surface area contributed by atoms with E-state index < -0.39 is 5.91 Å². The van der Waals surface area contributed by atoms with Gasteiger partial charge in [-0.05, 0) is 29.8 Å². The number of carbonyl (C=O) groups is 2. The van der Waals surface area contributed by atoms with Gasteiger partial charge in [-0.2, -0.15) is 0 Å². The van der Waals surface area contributed by atoms with Crippen molar-refractivity contribution < 1.29 is 9.59 Å². The number of amides is 2. The molecule has 1 aliphatic rings. The Labute approximate surface area is 110 Å². The lowest BCUT2D eigenvalue weighted by Gasteiger charge is -2.33. The van der Waals surface area contributed by atoms with Crippen molar-refractivity contribution in [3.8, 4) is 0 Å². The average Bonchev–Trinajstić information content (AvgIpc) is 2.89. The Hall–Kier alpha value is -2.03. The molecule has 1 aromatic heterocycles. The van der Waals surface area contributed by atoms with Crippen LogP contribution in [0.3, 0.4) is 0 Å². The maximum Gasteiger partial charge on any atom is 0.245 e. The largest absolute Gasteiger partial charge is 0.368 e. The van der Waals surface area contributed by atoms with Crippen molar-refractivity contribution in [1.29, 1.82) is 0 Å². The summed E-state index contributed by atoms with van der Waals surface area (Å²) in [6.07, 6.45) is 3.19. The molecule has 2 amide bonds. The third-order valence-electron chi connectivity index (χ3n) is 3.05. The minimum absolute atomic E-state index is 0.00905. The van der Waals surface area contributed by atoms with Gasteiger partial charge in [0, 0.05) is 12.6 Å². The molecule has 0 spiro atoms. The summed E-state index contributed by atoms with van der Waals surface area (Å²) in [4.78, 5) is 24.8. The predicted molar refractivity (Wildman–Crippen MR) is 64.6 cm³/mol. The molecular weight excluding hydrogens is 250 g/mol. The number of nitrogens with zero attached hydrogens (tertiary/aromatic N) is 5. The van der Waals surface area contributed by atoms with Crippen LogP contribution in [0.15, 0.2) is 6.33 Å². The van der Waals surface area contributed by atoms with Crippen LogP contribution in [0.5, 0.6) is 0 Å². The SMILES string of the molecule is NC(=O)CN(C(=O)Cn1cnnn1)C1CCCNC1. The predicted octanol–water partition coefficient (Wildman–Crippen LogP) is -2.26. The molecule has 0 saturated carbocycles. The van der Waals surface area contributed by atoms with Crippen LogP contribution in [-0.2, 0) is 16.1 Å². The van der Waals surface area contributed by atoms with Gasteiger partial charge in [-0.25, -0.2) is 4.68 Å². The molecule has 0 radical (unpaired) electrons. The summed E-state index contributed by atoms with van der Waals surface area (Å²) in [6.45, 7) is 1.54. The topological polar surface area (TPSA) is 119 Å². The maximum absolute atomic E-state index is 12.2. The third kappa shape index (κ3) is 3.71. The Balaban J connectivity index is 2.02. The number of hydrogen-bond acceptors (Lipinski definition) is 6. The number of nitrogens with two attached hydrogens (primary N) is 1. The lowest BCUT2D eigenvalue weighted by Crippen LogP contribution is -2.52. The highest BCUT2D eigenvalue weighted by molar-refractivity contribution is 5.84. The number of piperidine rings is 1. The molecule has 1 aromatic rings. The van der Waals surface area contributed by atoms with Gasteiger partial charge in [0.1, 0.15) is 12.9 Å². The first-order chi connectivity index (χ1) is 9.16. The highest BCUT2D eigenvalue weighted by atomic mass is 16.2. The van der Waals surface area contributed by atoms with E-state index in [4.69, 9.17) is 5.73 Å². The summed E-state index contributed by atoms with van der Waals surface area (Å²) in [5, 5.41) is 13.8. The van der Waals surface area contributed by atoms with Gasteiger partial charge in [-0.3, -0.25) is 9.59 Å². The van der Waals surface area contributed by atoms with Crippen LogP contribution < -0.4 is 11.1 Å². The summed E-state index contributed by atoms with van der Waals surface area (Å²) in [5.74, 6) is -0.726. The number of primary amides is 1. The fraction of sp³-hybridized carbons (Fsp3) is 0.700. The molecule has 104 valence electrons. The van der Waals surface area contributed by atoms with E-state index in [-0.39, 0.29) is 25.0 Å². The van der Waals surface area contributed by atoms with E-state index in [1.807, 2.05) is 0 Å². The van der Waals surface area contributed by atoms with Crippen LogP contribution in [-0.4, -0.2) is 62.6 Å². The molecule has 1 fully saturated rings. The maximum atomic E-state index is 12.2. The Morgan fingerprint density at radius 1 is 1.53 bits per heavy atom. The van der Waals surface area contributed by atoms with Crippen LogP contribution >= 0.6 is 0 Å². The summed E-state index contributed by atoms with van der Waals surface area (Å²) in [6, 6.07) is -0.00905. The number of carbonyl (C=O) groups excluding carboxylic acids is 2. The Kier molecular flexibility index (Phi) is 4.39. The van der Waals surface area contributed by atoms with Crippen molar-refractivity contribution in [2.24, 2.45) is 5.73 Å². The molecule has 0 bridgehead atoms. The minimum atomic E-state index is -0.518. The molecule has 1 atom stereocenters. The summed E-state index contributed by atoms with van der Waals surface area (Å²) < 4.78 is 1.33. The zero-order valence-electron chi connectivity index (χ0n) is 10.5. The highest BCUT2D eigenvalue weighted by Crippen LogP contribution is 2.11. The second-order valence-corrected chi connectivity index (χ2v) is 4.50. The summed E-state index contributed by atoms with van der Waals surface area (Å²) >= 11 is 0. The number of rotatable bonds is 5. The fourth-order valence-corrected chi connectivity index (χ4v) is 2.17. The molecule has 2 rings (SSSR count). The zero-order chi connectivity index (χ0) is 13.7. The number of hydrogen-bond donors (Lipinski definition) is 2. The van der Waals surface area contributed by atoms with Crippen molar-refractivity contribution in [3.63, 3.8) is 0 Å². The van der Waals surface area contributed by atoms with E-state index in [0.717, 1.165) is 19.4 Å². The van der Waals surface area contributed by atoms with Gasteiger partial charge in [0.15, 0.2) is 0 Å². The smallest absolute Gasteiger partial charge is 0.245 e. The second kappa shape index (κ2) is 6.23. The summed E-state index contributed by atoms with van der Waals surface area (Å²) in [5.41, 5.74) is 5.21. The van der Waals surface area contributed by atoms with Crippen LogP contribution in [0.25, 0.3) is 0 Å². The van der Waals surface area contributed by atoms with Gasteiger partial charge in [0.25, 0.3) is 0 Å². The molecule has 0 aliphatic carbocycles. The van der Waals surface area contributed by atoms with Gasteiger partial charge in [-0.1, -0.05) is 0 Å². The van der Waals surface area contributed by atoms with Crippen LogP contribution in [0.2, 0.25) is 0 Å².